The zero-order valence-electron chi connectivity index (χ0n) is 14.7. The SMILES string of the molecule is Cc1ccc(S(=O)(=O)NC(CC(C)C)C(=O)Nc2ncc(C)s2)cc1. The molecule has 0 fully saturated rings. The number of nitrogens with zero attached hydrogens (tertiary/aromatic N) is 1. The zero-order valence-corrected chi connectivity index (χ0v) is 16.4. The van der Waals surface area contributed by atoms with Crippen molar-refractivity contribution in [2.45, 2.75) is 45.1 Å². The minimum Gasteiger partial charge on any atom is -0.301 e. The van der Waals surface area contributed by atoms with Crippen LogP contribution in [-0.4, -0.2) is 25.4 Å². The molecule has 0 bridgehead atoms. The number of benzene rings is 1. The van der Waals surface area contributed by atoms with E-state index in [4.69, 9.17) is 0 Å². The predicted molar refractivity (Wildman–Crippen MR) is 100 cm³/mol. The van der Waals surface area contributed by atoms with Crippen molar-refractivity contribution in [3.8, 4) is 0 Å². The minimum absolute atomic E-state index is 0.143. The quantitative estimate of drug-likeness (QED) is 0.771. The number of carbonyl (C=O) groups excluding carboxylic acids is 1. The second-order valence-corrected chi connectivity index (χ2v) is 9.33. The first-order valence-electron chi connectivity index (χ1n) is 7.99. The van der Waals surface area contributed by atoms with Crippen LogP contribution < -0.4 is 10.0 Å². The standard InChI is InChI=1S/C17H23N3O3S2/c1-11(2)9-15(16(21)19-17-18-10-13(4)24-17)20-25(22,23)14-7-5-12(3)6-8-14/h5-8,10-11,15,20H,9H2,1-4H3,(H,18,19,21). The molecule has 1 aromatic heterocycles. The van der Waals surface area contributed by atoms with E-state index in [9.17, 15) is 13.2 Å². The van der Waals surface area contributed by atoms with E-state index in [1.54, 1.807) is 18.3 Å². The number of anilines is 1. The molecule has 0 radical (unpaired) electrons. The molecule has 0 aliphatic heterocycles. The first-order chi connectivity index (χ1) is 11.7. The van der Waals surface area contributed by atoms with Gasteiger partial charge in [0, 0.05) is 11.1 Å². The van der Waals surface area contributed by atoms with E-state index in [0.717, 1.165) is 10.4 Å². The van der Waals surface area contributed by atoms with Gasteiger partial charge in [0.05, 0.1) is 4.90 Å². The first kappa shape index (κ1) is 19.6. The van der Waals surface area contributed by atoms with Gasteiger partial charge < -0.3 is 5.32 Å². The number of aryl methyl sites for hydroxylation is 2. The van der Waals surface area contributed by atoms with Crippen LogP contribution in [0.2, 0.25) is 0 Å². The third-order valence-electron chi connectivity index (χ3n) is 3.50. The Morgan fingerprint density at radius 1 is 1.20 bits per heavy atom. The second kappa shape index (κ2) is 8.07. The molecule has 2 rings (SSSR count). The Kier molecular flexibility index (Phi) is 6.31. The van der Waals surface area contributed by atoms with Crippen LogP contribution in [0.4, 0.5) is 5.13 Å². The van der Waals surface area contributed by atoms with Crippen LogP contribution in [-0.2, 0) is 14.8 Å². The number of aromatic nitrogens is 1. The van der Waals surface area contributed by atoms with Crippen molar-refractivity contribution in [3.63, 3.8) is 0 Å². The van der Waals surface area contributed by atoms with Crippen molar-refractivity contribution in [1.29, 1.82) is 0 Å². The van der Waals surface area contributed by atoms with Gasteiger partial charge in [-0.25, -0.2) is 13.4 Å². The highest BCUT2D eigenvalue weighted by Crippen LogP contribution is 2.18. The molecule has 0 saturated heterocycles. The fraction of sp³-hybridized carbons (Fsp3) is 0.412. The van der Waals surface area contributed by atoms with Crippen molar-refractivity contribution < 1.29 is 13.2 Å². The van der Waals surface area contributed by atoms with Gasteiger partial charge in [-0.1, -0.05) is 31.5 Å². The fourth-order valence-corrected chi connectivity index (χ4v) is 4.13. The maximum atomic E-state index is 12.6. The molecule has 6 nitrogen and oxygen atoms in total. The molecule has 8 heteroatoms. The summed E-state index contributed by atoms with van der Waals surface area (Å²) < 4.78 is 27.7. The van der Waals surface area contributed by atoms with Gasteiger partial charge in [-0.05, 0) is 38.3 Å². The molecule has 1 unspecified atom stereocenters. The molecular formula is C17H23N3O3S2. The second-order valence-electron chi connectivity index (χ2n) is 6.38. The van der Waals surface area contributed by atoms with Crippen LogP contribution in [0.3, 0.4) is 0 Å². The molecule has 0 saturated carbocycles. The van der Waals surface area contributed by atoms with Gasteiger partial charge in [-0.3, -0.25) is 4.79 Å². The Hall–Kier alpha value is -1.77. The lowest BCUT2D eigenvalue weighted by molar-refractivity contribution is -0.118. The number of rotatable bonds is 7. The fourth-order valence-electron chi connectivity index (χ4n) is 2.26. The lowest BCUT2D eigenvalue weighted by Gasteiger charge is -2.19. The van der Waals surface area contributed by atoms with Gasteiger partial charge in [-0.15, -0.1) is 11.3 Å². The van der Waals surface area contributed by atoms with Crippen molar-refractivity contribution in [1.82, 2.24) is 9.71 Å². The molecule has 0 aliphatic rings. The summed E-state index contributed by atoms with van der Waals surface area (Å²) in [5.41, 5.74) is 0.967. The molecule has 0 spiro atoms. The maximum absolute atomic E-state index is 12.6. The smallest absolute Gasteiger partial charge is 0.244 e. The Bertz CT molecular complexity index is 827. The van der Waals surface area contributed by atoms with E-state index in [2.05, 4.69) is 15.0 Å². The Balaban J connectivity index is 2.18. The largest absolute Gasteiger partial charge is 0.301 e. The predicted octanol–water partition coefficient (Wildman–Crippen LogP) is 3.09. The third kappa shape index (κ3) is 5.62. The van der Waals surface area contributed by atoms with Crippen molar-refractivity contribution in [2.75, 3.05) is 5.32 Å². The molecule has 0 aliphatic carbocycles. The number of hydrogen-bond donors (Lipinski definition) is 2. The van der Waals surface area contributed by atoms with E-state index in [1.807, 2.05) is 27.7 Å². The summed E-state index contributed by atoms with van der Waals surface area (Å²) in [4.78, 5) is 17.8. The summed E-state index contributed by atoms with van der Waals surface area (Å²) in [5.74, 6) is -0.256. The number of amides is 1. The molecule has 2 aromatic rings. The van der Waals surface area contributed by atoms with E-state index < -0.39 is 22.0 Å². The Labute approximate surface area is 152 Å². The van der Waals surface area contributed by atoms with Crippen LogP contribution in [0.1, 0.15) is 30.7 Å². The average Bonchev–Trinajstić information content (AvgIpc) is 2.91. The van der Waals surface area contributed by atoms with E-state index >= 15 is 0 Å². The molecule has 1 amide bonds. The van der Waals surface area contributed by atoms with Gasteiger partial charge in [0.1, 0.15) is 6.04 Å². The van der Waals surface area contributed by atoms with E-state index in [0.29, 0.717) is 11.6 Å². The summed E-state index contributed by atoms with van der Waals surface area (Å²) >= 11 is 1.35. The third-order valence-corrected chi connectivity index (χ3v) is 5.82. The molecule has 136 valence electrons. The normalized spacial score (nSPS) is 13.0. The van der Waals surface area contributed by atoms with Crippen LogP contribution in [0.25, 0.3) is 0 Å². The highest BCUT2D eigenvalue weighted by Gasteiger charge is 2.27. The number of nitrogens with one attached hydrogen (secondary N) is 2. The Morgan fingerprint density at radius 2 is 1.84 bits per heavy atom. The molecule has 1 aromatic carbocycles. The monoisotopic (exact) mass is 381 g/mol. The van der Waals surface area contributed by atoms with Crippen LogP contribution >= 0.6 is 11.3 Å². The summed E-state index contributed by atoms with van der Waals surface area (Å²) in [5, 5.41) is 3.16. The maximum Gasteiger partial charge on any atom is 0.244 e. The van der Waals surface area contributed by atoms with Crippen LogP contribution in [0, 0.1) is 19.8 Å². The summed E-state index contributed by atoms with van der Waals surface area (Å²) in [6.45, 7) is 7.65. The molecule has 1 heterocycles. The van der Waals surface area contributed by atoms with Crippen molar-refractivity contribution in [2.24, 2.45) is 5.92 Å². The summed E-state index contributed by atoms with van der Waals surface area (Å²) in [6.07, 6.45) is 2.05. The number of hydrogen-bond acceptors (Lipinski definition) is 5. The lowest BCUT2D eigenvalue weighted by atomic mass is 10.0. The topological polar surface area (TPSA) is 88.2 Å². The molecule has 1 atom stereocenters. The highest BCUT2D eigenvalue weighted by atomic mass is 32.2. The summed E-state index contributed by atoms with van der Waals surface area (Å²) in [6, 6.07) is 5.66. The molecule has 25 heavy (non-hydrogen) atoms. The number of thiazole rings is 1. The molecular weight excluding hydrogens is 358 g/mol. The van der Waals surface area contributed by atoms with E-state index in [-0.39, 0.29) is 10.8 Å². The lowest BCUT2D eigenvalue weighted by Crippen LogP contribution is -2.44. The molecule has 2 N–H and O–H groups in total. The zero-order chi connectivity index (χ0) is 18.6. The van der Waals surface area contributed by atoms with Crippen molar-refractivity contribution in [3.05, 3.63) is 40.9 Å². The van der Waals surface area contributed by atoms with Gasteiger partial charge >= 0.3 is 0 Å². The number of sulfonamides is 1. The van der Waals surface area contributed by atoms with Crippen LogP contribution in [0.15, 0.2) is 35.4 Å². The average molecular weight is 382 g/mol. The number of carbonyl (C=O) groups is 1. The van der Waals surface area contributed by atoms with Gasteiger partial charge in [0.25, 0.3) is 0 Å². The van der Waals surface area contributed by atoms with Crippen LogP contribution in [0.5, 0.6) is 0 Å². The first-order valence-corrected chi connectivity index (χ1v) is 10.3. The van der Waals surface area contributed by atoms with Gasteiger partial charge in [0.2, 0.25) is 15.9 Å². The minimum atomic E-state index is -3.78. The van der Waals surface area contributed by atoms with Crippen molar-refractivity contribution >= 4 is 32.4 Å². The Morgan fingerprint density at radius 3 is 2.36 bits per heavy atom. The highest BCUT2D eigenvalue weighted by molar-refractivity contribution is 7.89. The van der Waals surface area contributed by atoms with E-state index in [1.165, 1.54) is 23.5 Å². The van der Waals surface area contributed by atoms with Gasteiger partial charge in [-0.2, -0.15) is 4.72 Å². The summed E-state index contributed by atoms with van der Waals surface area (Å²) in [7, 11) is -3.78. The van der Waals surface area contributed by atoms with Gasteiger partial charge in [0.15, 0.2) is 5.13 Å².